The number of aliphatic hydroxyl groups is 1. The third-order valence-corrected chi connectivity index (χ3v) is 13.0. The Bertz CT molecular complexity index is 1540. The molecule has 230 valence electrons. The minimum absolute atomic E-state index is 0.0760. The van der Waals surface area contributed by atoms with Crippen LogP contribution in [0.2, 0.25) is 5.02 Å². The van der Waals surface area contributed by atoms with E-state index in [1.165, 1.54) is 11.1 Å². The van der Waals surface area contributed by atoms with Crippen LogP contribution in [0.1, 0.15) is 79.3 Å². The molecule has 3 aliphatic carbocycles. The largest absolute Gasteiger partial charge is 0.490 e. The third kappa shape index (κ3) is 5.48. The maximum atomic E-state index is 13.5. The van der Waals surface area contributed by atoms with Gasteiger partial charge in [0.15, 0.2) is 0 Å². The van der Waals surface area contributed by atoms with E-state index in [2.05, 4.69) is 21.8 Å². The molecule has 0 radical (unpaired) electrons. The van der Waals surface area contributed by atoms with Crippen molar-refractivity contribution in [3.63, 3.8) is 0 Å². The van der Waals surface area contributed by atoms with Crippen LogP contribution in [-0.4, -0.2) is 50.5 Å². The number of benzene rings is 2. The first-order valence-electron chi connectivity index (χ1n) is 15.9. The normalized spacial score (nSPS) is 34.3. The highest BCUT2D eigenvalue weighted by atomic mass is 35.5. The molecule has 7 rings (SSSR count). The second-order valence-corrected chi connectivity index (χ2v) is 15.8. The highest BCUT2D eigenvalue weighted by Crippen LogP contribution is 2.47. The molecule has 2 bridgehead atoms. The SMILES string of the molecule is O=C1NS(=O)(=O)[C@@H]2CCCC[C@H]2C/C=C\[C@H](O)[C@@H]2CC[C@H]2CN2C[C@@]3(CCCc4cc(Cl)ccc43)COc3ccc1cc32. The molecule has 0 saturated heterocycles. The summed E-state index contributed by atoms with van der Waals surface area (Å²) in [5.74, 6) is 0.463. The van der Waals surface area contributed by atoms with Crippen LogP contribution in [0.3, 0.4) is 0 Å². The quantitative estimate of drug-likeness (QED) is 0.361. The molecular formula is C34H41ClN2O5S. The smallest absolute Gasteiger partial charge is 0.264 e. The van der Waals surface area contributed by atoms with Crippen LogP contribution in [0.25, 0.3) is 0 Å². The zero-order valence-corrected chi connectivity index (χ0v) is 26.1. The van der Waals surface area contributed by atoms with Crippen molar-refractivity contribution in [1.29, 1.82) is 0 Å². The van der Waals surface area contributed by atoms with E-state index >= 15 is 0 Å². The van der Waals surface area contributed by atoms with E-state index in [4.69, 9.17) is 16.3 Å². The Morgan fingerprint density at radius 3 is 2.72 bits per heavy atom. The van der Waals surface area contributed by atoms with Gasteiger partial charge in [-0.2, -0.15) is 0 Å². The summed E-state index contributed by atoms with van der Waals surface area (Å²) in [6, 6.07) is 11.5. The summed E-state index contributed by atoms with van der Waals surface area (Å²) in [7, 11) is -3.88. The first-order valence-corrected chi connectivity index (χ1v) is 17.9. The number of aryl methyl sites for hydroxylation is 1. The fourth-order valence-corrected chi connectivity index (χ4v) is 10.4. The lowest BCUT2D eigenvalue weighted by Gasteiger charge is -2.45. The summed E-state index contributed by atoms with van der Waals surface area (Å²) < 4.78 is 36.1. The summed E-state index contributed by atoms with van der Waals surface area (Å²) in [6.07, 6.45) is 12.0. The molecule has 1 amide bonds. The van der Waals surface area contributed by atoms with Gasteiger partial charge in [-0.15, -0.1) is 0 Å². The fraction of sp³-hybridized carbons (Fsp3) is 0.559. The van der Waals surface area contributed by atoms with Gasteiger partial charge in [-0.05, 0) is 111 Å². The van der Waals surface area contributed by atoms with Crippen molar-refractivity contribution in [1.82, 2.24) is 4.72 Å². The predicted molar refractivity (Wildman–Crippen MR) is 168 cm³/mol. The molecule has 0 aromatic heterocycles. The van der Waals surface area contributed by atoms with Crippen molar-refractivity contribution < 1.29 is 23.1 Å². The fourth-order valence-electron chi connectivity index (χ4n) is 8.46. The van der Waals surface area contributed by atoms with Crippen molar-refractivity contribution in [2.45, 2.75) is 81.0 Å². The zero-order chi connectivity index (χ0) is 29.8. The number of fused-ring (bicyclic) bond motifs is 5. The second kappa shape index (κ2) is 11.4. The summed E-state index contributed by atoms with van der Waals surface area (Å²) in [5, 5.41) is 11.4. The number of nitrogens with one attached hydrogen (secondary N) is 1. The standard InChI is InChI=1S/C34H41ClN2O5S/c35-26-12-14-28-23(17-26)7-4-16-34(28)20-37-19-25-10-13-27(25)30(38)8-3-6-22-5-1-2-9-32(22)43(40,41)36-33(39)24-11-15-31(42-21-34)29(37)18-24/h3,8,11-12,14-15,17-18,22,25,27,30,32,38H,1-2,4-7,9-10,13,16,19-21H2,(H,36,39)/b8-3-/t22-,25-,27+,30-,32+,34-/m0/s1. The summed E-state index contributed by atoms with van der Waals surface area (Å²) >= 11 is 6.40. The van der Waals surface area contributed by atoms with Crippen LogP contribution in [0, 0.1) is 17.8 Å². The lowest BCUT2D eigenvalue weighted by atomic mass is 9.68. The highest BCUT2D eigenvalue weighted by molar-refractivity contribution is 7.90. The maximum Gasteiger partial charge on any atom is 0.264 e. The van der Waals surface area contributed by atoms with Crippen molar-refractivity contribution in [3.8, 4) is 5.75 Å². The Balaban J connectivity index is 1.29. The molecule has 0 unspecified atom stereocenters. The lowest BCUT2D eigenvalue weighted by molar-refractivity contribution is 0.0455. The molecule has 2 aromatic rings. The number of hydrogen-bond donors (Lipinski definition) is 2. The molecule has 2 fully saturated rings. The van der Waals surface area contributed by atoms with Crippen LogP contribution < -0.4 is 14.4 Å². The molecule has 5 aliphatic rings. The minimum Gasteiger partial charge on any atom is -0.490 e. The number of sulfonamides is 1. The molecule has 2 aliphatic heterocycles. The lowest BCUT2D eigenvalue weighted by Crippen LogP contribution is -2.49. The monoisotopic (exact) mass is 624 g/mol. The Kier molecular flexibility index (Phi) is 7.75. The average Bonchev–Trinajstić information content (AvgIpc) is 3.11. The molecular weight excluding hydrogens is 584 g/mol. The van der Waals surface area contributed by atoms with E-state index in [9.17, 15) is 18.3 Å². The van der Waals surface area contributed by atoms with Crippen LogP contribution in [0.4, 0.5) is 5.69 Å². The number of anilines is 1. The van der Waals surface area contributed by atoms with Crippen molar-refractivity contribution in [2.75, 3.05) is 24.6 Å². The van der Waals surface area contributed by atoms with E-state index in [1.54, 1.807) is 12.1 Å². The van der Waals surface area contributed by atoms with Gasteiger partial charge in [0.05, 0.1) is 23.6 Å². The van der Waals surface area contributed by atoms with Crippen LogP contribution >= 0.6 is 11.6 Å². The van der Waals surface area contributed by atoms with Crippen LogP contribution in [0.15, 0.2) is 48.6 Å². The Morgan fingerprint density at radius 2 is 1.88 bits per heavy atom. The van der Waals surface area contributed by atoms with Gasteiger partial charge in [-0.1, -0.05) is 42.7 Å². The van der Waals surface area contributed by atoms with E-state index in [0.717, 1.165) is 68.6 Å². The summed E-state index contributed by atoms with van der Waals surface area (Å²) in [4.78, 5) is 15.9. The van der Waals surface area contributed by atoms with Gasteiger partial charge in [0, 0.05) is 29.1 Å². The van der Waals surface area contributed by atoms with E-state index < -0.39 is 27.3 Å². The molecule has 1 spiro atoms. The second-order valence-electron chi connectivity index (χ2n) is 13.5. The molecule has 2 saturated carbocycles. The maximum absolute atomic E-state index is 13.5. The van der Waals surface area contributed by atoms with Gasteiger partial charge in [0.25, 0.3) is 5.91 Å². The minimum atomic E-state index is -3.88. The third-order valence-electron chi connectivity index (χ3n) is 10.9. The average molecular weight is 625 g/mol. The van der Waals surface area contributed by atoms with Crippen LogP contribution in [0.5, 0.6) is 5.75 Å². The molecule has 2 heterocycles. The number of nitrogens with zero attached hydrogens (tertiary/aromatic N) is 1. The summed E-state index contributed by atoms with van der Waals surface area (Å²) in [6.45, 7) is 1.94. The topological polar surface area (TPSA) is 95.9 Å². The first kappa shape index (κ1) is 29.2. The van der Waals surface area contributed by atoms with E-state index in [-0.39, 0.29) is 17.3 Å². The Hall–Kier alpha value is -2.55. The van der Waals surface area contributed by atoms with Crippen molar-refractivity contribution in [3.05, 3.63) is 70.3 Å². The number of hydrogen-bond acceptors (Lipinski definition) is 6. The van der Waals surface area contributed by atoms with Gasteiger partial charge in [-0.3, -0.25) is 4.79 Å². The highest BCUT2D eigenvalue weighted by Gasteiger charge is 2.44. The number of rotatable bonds is 0. The number of aliphatic hydroxyl groups excluding tert-OH is 1. The first-order chi connectivity index (χ1) is 20.7. The molecule has 43 heavy (non-hydrogen) atoms. The molecule has 2 aromatic carbocycles. The van der Waals surface area contributed by atoms with Gasteiger partial charge in [0.2, 0.25) is 10.0 Å². The summed E-state index contributed by atoms with van der Waals surface area (Å²) in [5.41, 5.74) is 3.39. The number of allylic oxidation sites excluding steroid dienone is 1. The van der Waals surface area contributed by atoms with Gasteiger partial charge >= 0.3 is 0 Å². The predicted octanol–water partition coefficient (Wildman–Crippen LogP) is 5.78. The number of ether oxygens (including phenoxy) is 1. The zero-order valence-electron chi connectivity index (χ0n) is 24.5. The van der Waals surface area contributed by atoms with Gasteiger partial charge in [-0.25, -0.2) is 13.1 Å². The molecule has 9 heteroatoms. The van der Waals surface area contributed by atoms with Gasteiger partial charge in [0.1, 0.15) is 5.75 Å². The number of carbonyl (C=O) groups is 1. The molecule has 7 nitrogen and oxygen atoms in total. The number of amides is 1. The van der Waals surface area contributed by atoms with Crippen molar-refractivity contribution in [2.24, 2.45) is 17.8 Å². The molecule has 6 atom stereocenters. The Labute approximate surface area is 259 Å². The Morgan fingerprint density at radius 1 is 1.02 bits per heavy atom. The van der Waals surface area contributed by atoms with Gasteiger partial charge < -0.3 is 14.7 Å². The van der Waals surface area contributed by atoms with E-state index in [1.807, 2.05) is 24.3 Å². The van der Waals surface area contributed by atoms with Crippen LogP contribution in [-0.2, 0) is 21.9 Å². The number of carbonyl (C=O) groups excluding carboxylic acids is 1. The van der Waals surface area contributed by atoms with Crippen molar-refractivity contribution >= 4 is 33.2 Å². The van der Waals surface area contributed by atoms with E-state index in [0.29, 0.717) is 43.2 Å². The number of halogens is 1. The molecule has 2 N–H and O–H groups in total.